The van der Waals surface area contributed by atoms with Crippen molar-refractivity contribution in [2.75, 3.05) is 0 Å². The highest BCUT2D eigenvalue weighted by Gasteiger charge is 2.16. The van der Waals surface area contributed by atoms with Crippen molar-refractivity contribution in [1.29, 1.82) is 0 Å². The van der Waals surface area contributed by atoms with E-state index in [2.05, 4.69) is 20.3 Å². The van der Waals surface area contributed by atoms with Crippen molar-refractivity contribution in [3.05, 3.63) is 76.4 Å². The summed E-state index contributed by atoms with van der Waals surface area (Å²) in [5, 5.41) is 13.5. The molecule has 0 saturated heterocycles. The first-order valence-electron chi connectivity index (χ1n) is 8.20. The Morgan fingerprint density at radius 2 is 1.96 bits per heavy atom. The van der Waals surface area contributed by atoms with Gasteiger partial charge < -0.3 is 4.52 Å². The van der Waals surface area contributed by atoms with Crippen LogP contribution in [0.1, 0.15) is 28.7 Å². The van der Waals surface area contributed by atoms with Gasteiger partial charge in [0.25, 0.3) is 0 Å². The number of halogens is 1. The van der Waals surface area contributed by atoms with E-state index < -0.39 is 0 Å². The third-order valence-electron chi connectivity index (χ3n) is 4.21. The summed E-state index contributed by atoms with van der Waals surface area (Å²) in [6.07, 6.45) is 4.12. The van der Waals surface area contributed by atoms with Gasteiger partial charge in [0.1, 0.15) is 6.54 Å². The van der Waals surface area contributed by atoms with E-state index in [0.29, 0.717) is 29.7 Å². The van der Waals surface area contributed by atoms with Crippen molar-refractivity contribution in [3.8, 4) is 5.69 Å². The van der Waals surface area contributed by atoms with Gasteiger partial charge in [0.15, 0.2) is 5.82 Å². The smallest absolute Gasteiger partial charge is 0.231 e. The van der Waals surface area contributed by atoms with Crippen molar-refractivity contribution in [2.24, 2.45) is 0 Å². The van der Waals surface area contributed by atoms with Crippen LogP contribution in [0.4, 0.5) is 0 Å². The largest absolute Gasteiger partial charge is 0.339 e. The quantitative estimate of drug-likeness (QED) is 0.540. The molecule has 4 aromatic rings. The molecule has 4 rings (SSSR count). The van der Waals surface area contributed by atoms with Gasteiger partial charge in [-0.3, -0.25) is 4.68 Å². The molecule has 7 nitrogen and oxygen atoms in total. The number of hydrogen-bond donors (Lipinski definition) is 0. The molecule has 0 amide bonds. The fraction of sp³-hybridized carbons (Fsp3) is 0.222. The lowest BCUT2D eigenvalue weighted by Gasteiger charge is -2.05. The Kier molecular flexibility index (Phi) is 4.30. The number of benzene rings is 1. The monoisotopic (exact) mass is 368 g/mol. The second kappa shape index (κ2) is 6.76. The fourth-order valence-corrected chi connectivity index (χ4v) is 3.01. The maximum Gasteiger partial charge on any atom is 0.231 e. The van der Waals surface area contributed by atoms with Gasteiger partial charge in [-0.05, 0) is 44.2 Å². The predicted octanol–water partition coefficient (Wildman–Crippen LogP) is 3.36. The van der Waals surface area contributed by atoms with Crippen molar-refractivity contribution < 1.29 is 4.52 Å². The highest BCUT2D eigenvalue weighted by Crippen LogP contribution is 2.21. The van der Waals surface area contributed by atoms with Crippen molar-refractivity contribution in [1.82, 2.24) is 29.7 Å². The Bertz CT molecular complexity index is 1020. The molecular weight excluding hydrogens is 352 g/mol. The lowest BCUT2D eigenvalue weighted by Crippen LogP contribution is -2.02. The average molecular weight is 369 g/mol. The zero-order chi connectivity index (χ0) is 18.1. The summed E-state index contributed by atoms with van der Waals surface area (Å²) in [6.45, 7) is 4.50. The number of rotatable bonds is 5. The first-order valence-corrected chi connectivity index (χ1v) is 8.58. The van der Waals surface area contributed by atoms with Crippen LogP contribution < -0.4 is 0 Å². The molecule has 3 heterocycles. The lowest BCUT2D eigenvalue weighted by atomic mass is 10.1. The SMILES string of the molecule is Cc1nn(-c2ccc(Cl)cc2)c(C)c1Cc1nc(Cn2cccn2)no1. The van der Waals surface area contributed by atoms with Crippen LogP contribution in [-0.4, -0.2) is 29.7 Å². The Morgan fingerprint density at radius 1 is 1.15 bits per heavy atom. The van der Waals surface area contributed by atoms with E-state index in [9.17, 15) is 0 Å². The summed E-state index contributed by atoms with van der Waals surface area (Å²) >= 11 is 5.97. The predicted molar refractivity (Wildman–Crippen MR) is 96.5 cm³/mol. The molecule has 0 atom stereocenters. The summed E-state index contributed by atoms with van der Waals surface area (Å²) in [6, 6.07) is 9.46. The molecule has 1 aromatic carbocycles. The Labute approximate surface area is 155 Å². The normalized spacial score (nSPS) is 11.2. The Morgan fingerprint density at radius 3 is 2.69 bits per heavy atom. The van der Waals surface area contributed by atoms with E-state index in [0.717, 1.165) is 22.6 Å². The van der Waals surface area contributed by atoms with E-state index in [-0.39, 0.29) is 0 Å². The van der Waals surface area contributed by atoms with Crippen LogP contribution in [0.25, 0.3) is 5.69 Å². The van der Waals surface area contributed by atoms with Crippen LogP contribution in [0, 0.1) is 13.8 Å². The van der Waals surface area contributed by atoms with Crippen LogP contribution in [0.2, 0.25) is 5.02 Å². The van der Waals surface area contributed by atoms with Crippen molar-refractivity contribution in [3.63, 3.8) is 0 Å². The van der Waals surface area contributed by atoms with Crippen LogP contribution in [-0.2, 0) is 13.0 Å². The second-order valence-corrected chi connectivity index (χ2v) is 6.46. The lowest BCUT2D eigenvalue weighted by molar-refractivity contribution is 0.377. The van der Waals surface area contributed by atoms with Crippen LogP contribution in [0.5, 0.6) is 0 Å². The van der Waals surface area contributed by atoms with Gasteiger partial charge in [-0.25, -0.2) is 4.68 Å². The third-order valence-corrected chi connectivity index (χ3v) is 4.47. The molecule has 0 fully saturated rings. The van der Waals surface area contributed by atoms with Crippen LogP contribution >= 0.6 is 11.6 Å². The maximum atomic E-state index is 5.97. The summed E-state index contributed by atoms with van der Waals surface area (Å²) in [7, 11) is 0. The van der Waals surface area contributed by atoms with E-state index in [1.165, 1.54) is 0 Å². The average Bonchev–Trinajstić information content (AvgIpc) is 3.35. The molecule has 0 radical (unpaired) electrons. The van der Waals surface area contributed by atoms with Gasteiger partial charge in [0.2, 0.25) is 5.89 Å². The van der Waals surface area contributed by atoms with Gasteiger partial charge in [-0.15, -0.1) is 0 Å². The van der Waals surface area contributed by atoms with Gasteiger partial charge >= 0.3 is 0 Å². The third kappa shape index (κ3) is 3.25. The van der Waals surface area contributed by atoms with Gasteiger partial charge in [0, 0.05) is 28.7 Å². The number of aryl methyl sites for hydroxylation is 1. The van der Waals surface area contributed by atoms with Crippen molar-refractivity contribution in [2.45, 2.75) is 26.8 Å². The molecule has 0 N–H and O–H groups in total. The summed E-state index contributed by atoms with van der Waals surface area (Å²) in [4.78, 5) is 4.46. The molecule has 0 aliphatic heterocycles. The number of hydrogen-bond acceptors (Lipinski definition) is 5. The molecule has 0 aliphatic rings. The van der Waals surface area contributed by atoms with Crippen LogP contribution in [0.3, 0.4) is 0 Å². The minimum absolute atomic E-state index is 0.485. The van der Waals surface area contributed by atoms with Gasteiger partial charge in [-0.1, -0.05) is 16.8 Å². The topological polar surface area (TPSA) is 74.6 Å². The first-order chi connectivity index (χ1) is 12.6. The molecule has 3 aromatic heterocycles. The van der Waals surface area contributed by atoms with Crippen molar-refractivity contribution >= 4 is 11.6 Å². The summed E-state index contributed by atoms with van der Waals surface area (Å²) < 4.78 is 9.06. The van der Waals surface area contributed by atoms with Gasteiger partial charge in [0.05, 0.1) is 17.8 Å². The summed E-state index contributed by atoms with van der Waals surface area (Å²) in [5.41, 5.74) is 4.02. The highest BCUT2D eigenvalue weighted by molar-refractivity contribution is 6.30. The fourth-order valence-electron chi connectivity index (χ4n) is 2.88. The minimum Gasteiger partial charge on any atom is -0.339 e. The zero-order valence-electron chi connectivity index (χ0n) is 14.4. The molecular formula is C18H17ClN6O. The Hall–Kier alpha value is -2.93. The zero-order valence-corrected chi connectivity index (χ0v) is 15.2. The molecule has 0 aliphatic carbocycles. The second-order valence-electron chi connectivity index (χ2n) is 6.02. The standard InChI is InChI=1S/C18H17ClN6O/c1-12-16(13(2)25(22-12)15-6-4-14(19)5-7-15)10-18-21-17(23-26-18)11-24-9-3-8-20-24/h3-9H,10-11H2,1-2H3. The molecule has 0 unspecified atom stereocenters. The van der Waals surface area contributed by atoms with E-state index in [1.54, 1.807) is 10.9 Å². The van der Waals surface area contributed by atoms with E-state index in [4.69, 9.17) is 16.1 Å². The minimum atomic E-state index is 0.485. The first kappa shape index (κ1) is 16.5. The molecule has 0 spiro atoms. The van der Waals surface area contributed by atoms with E-state index in [1.807, 2.05) is 55.1 Å². The molecule has 132 valence electrons. The molecule has 26 heavy (non-hydrogen) atoms. The molecule has 8 heteroatoms. The van der Waals surface area contributed by atoms with E-state index >= 15 is 0 Å². The Balaban J connectivity index is 1.57. The molecule has 0 saturated carbocycles. The maximum absolute atomic E-state index is 5.97. The number of aromatic nitrogens is 6. The summed E-state index contributed by atoms with van der Waals surface area (Å²) in [5.74, 6) is 1.16. The molecule has 0 bridgehead atoms. The highest BCUT2D eigenvalue weighted by atomic mass is 35.5. The number of nitrogens with zero attached hydrogens (tertiary/aromatic N) is 6. The van der Waals surface area contributed by atoms with Gasteiger partial charge in [-0.2, -0.15) is 15.2 Å². The van der Waals surface area contributed by atoms with Crippen LogP contribution in [0.15, 0.2) is 47.2 Å².